The number of benzene rings is 1. The molecule has 0 heterocycles. The highest BCUT2D eigenvalue weighted by molar-refractivity contribution is 5.88. The van der Waals surface area contributed by atoms with Gasteiger partial charge in [-0.25, -0.2) is 9.18 Å². The van der Waals surface area contributed by atoms with Gasteiger partial charge in [0.2, 0.25) is 5.91 Å². The van der Waals surface area contributed by atoms with Crippen LogP contribution in [0.3, 0.4) is 0 Å². The van der Waals surface area contributed by atoms with Crippen LogP contribution in [0.4, 0.5) is 4.39 Å². The lowest BCUT2D eigenvalue weighted by molar-refractivity contribution is -0.148. The molecule has 0 radical (unpaired) electrons. The lowest BCUT2D eigenvalue weighted by Gasteiger charge is -2.29. The smallest absolute Gasteiger partial charge is 0.333 e. The second kappa shape index (κ2) is 6.70. The molecule has 1 rings (SSSR count). The number of carboxylic acids is 1. The number of carbonyl (C=O) groups excluding carboxylic acids is 1. The van der Waals surface area contributed by atoms with E-state index < -0.39 is 17.3 Å². The number of hydrogen-bond acceptors (Lipinski definition) is 2. The van der Waals surface area contributed by atoms with Gasteiger partial charge in [0.05, 0.1) is 0 Å². The van der Waals surface area contributed by atoms with Gasteiger partial charge in [0.1, 0.15) is 5.82 Å². The van der Waals surface area contributed by atoms with Gasteiger partial charge in [0, 0.05) is 5.92 Å². The van der Waals surface area contributed by atoms with E-state index in [0.29, 0.717) is 5.56 Å². The first kappa shape index (κ1) is 17.1. The molecule has 0 aliphatic carbocycles. The fourth-order valence-electron chi connectivity index (χ4n) is 2.00. The molecule has 1 aromatic rings. The molecule has 0 spiro atoms. The molecule has 4 nitrogen and oxygen atoms in total. The quantitative estimate of drug-likeness (QED) is 0.848. The molecular weight excluding hydrogens is 273 g/mol. The van der Waals surface area contributed by atoms with Gasteiger partial charge < -0.3 is 10.4 Å². The van der Waals surface area contributed by atoms with Gasteiger partial charge >= 0.3 is 5.97 Å². The molecule has 0 aliphatic heterocycles. The Morgan fingerprint density at radius 3 is 2.24 bits per heavy atom. The van der Waals surface area contributed by atoms with Crippen molar-refractivity contribution in [3.63, 3.8) is 0 Å². The molecule has 1 aromatic carbocycles. The van der Waals surface area contributed by atoms with Gasteiger partial charge in [-0.05, 0) is 30.5 Å². The van der Waals surface area contributed by atoms with Gasteiger partial charge in [-0.2, -0.15) is 0 Å². The largest absolute Gasteiger partial charge is 0.479 e. The zero-order valence-electron chi connectivity index (χ0n) is 12.8. The summed E-state index contributed by atoms with van der Waals surface area (Å²) in [6.07, 6.45) is 0.828. The van der Waals surface area contributed by atoms with E-state index in [1.54, 1.807) is 6.92 Å². The lowest BCUT2D eigenvalue weighted by Crippen LogP contribution is -2.51. The summed E-state index contributed by atoms with van der Waals surface area (Å²) in [5.74, 6) is -2.10. The van der Waals surface area contributed by atoms with Gasteiger partial charge in [0.15, 0.2) is 5.54 Å². The van der Waals surface area contributed by atoms with E-state index in [9.17, 15) is 19.1 Å². The Kier molecular flexibility index (Phi) is 5.47. The molecule has 5 heteroatoms. The summed E-state index contributed by atoms with van der Waals surface area (Å²) in [7, 11) is 0. The zero-order chi connectivity index (χ0) is 16.2. The minimum atomic E-state index is -1.58. The summed E-state index contributed by atoms with van der Waals surface area (Å²) >= 11 is 0. The van der Waals surface area contributed by atoms with Gasteiger partial charge in [0.25, 0.3) is 0 Å². The first-order valence-corrected chi connectivity index (χ1v) is 7.03. The van der Waals surface area contributed by atoms with Gasteiger partial charge in [-0.15, -0.1) is 0 Å². The number of rotatable bonds is 6. The van der Waals surface area contributed by atoms with Crippen LogP contribution in [-0.4, -0.2) is 17.0 Å². The summed E-state index contributed by atoms with van der Waals surface area (Å²) in [6.45, 7) is 7.10. The van der Waals surface area contributed by atoms with Gasteiger partial charge in [-0.1, -0.05) is 39.3 Å². The van der Waals surface area contributed by atoms with Crippen molar-refractivity contribution in [1.82, 2.24) is 5.32 Å². The SMILES string of the molecule is CCC(C)C(C)C(=O)NC(C)(C(=O)O)c1ccc(F)cc1. The number of nitrogens with one attached hydrogen (secondary N) is 1. The monoisotopic (exact) mass is 295 g/mol. The Morgan fingerprint density at radius 1 is 1.29 bits per heavy atom. The van der Waals surface area contributed by atoms with Crippen LogP contribution < -0.4 is 5.32 Å². The normalized spacial score (nSPS) is 16.6. The van der Waals surface area contributed by atoms with Crippen LogP contribution in [0, 0.1) is 17.7 Å². The van der Waals surface area contributed by atoms with Crippen molar-refractivity contribution in [2.75, 3.05) is 0 Å². The molecule has 0 bridgehead atoms. The van der Waals surface area contributed by atoms with Crippen molar-refractivity contribution in [3.05, 3.63) is 35.6 Å². The van der Waals surface area contributed by atoms with E-state index in [1.807, 2.05) is 13.8 Å². The average molecular weight is 295 g/mol. The Morgan fingerprint density at radius 2 is 1.81 bits per heavy atom. The van der Waals surface area contributed by atoms with Crippen LogP contribution in [0.5, 0.6) is 0 Å². The van der Waals surface area contributed by atoms with Crippen molar-refractivity contribution >= 4 is 11.9 Å². The van der Waals surface area contributed by atoms with E-state index >= 15 is 0 Å². The van der Waals surface area contributed by atoms with Crippen molar-refractivity contribution < 1.29 is 19.1 Å². The minimum Gasteiger partial charge on any atom is -0.479 e. The van der Waals surface area contributed by atoms with Crippen molar-refractivity contribution in [3.8, 4) is 0 Å². The van der Waals surface area contributed by atoms with E-state index in [4.69, 9.17) is 0 Å². The highest BCUT2D eigenvalue weighted by Gasteiger charge is 2.38. The van der Waals surface area contributed by atoms with E-state index in [0.717, 1.165) is 6.42 Å². The summed E-state index contributed by atoms with van der Waals surface area (Å²) in [6, 6.07) is 5.11. The molecule has 0 aromatic heterocycles. The lowest BCUT2D eigenvalue weighted by atomic mass is 9.88. The maximum absolute atomic E-state index is 13.0. The second-order valence-electron chi connectivity index (χ2n) is 5.60. The van der Waals surface area contributed by atoms with E-state index in [-0.39, 0.29) is 17.7 Å². The van der Waals surface area contributed by atoms with E-state index in [2.05, 4.69) is 5.32 Å². The van der Waals surface area contributed by atoms with Crippen LogP contribution >= 0.6 is 0 Å². The molecule has 2 N–H and O–H groups in total. The first-order chi connectivity index (χ1) is 9.72. The predicted molar refractivity (Wildman–Crippen MR) is 78.1 cm³/mol. The number of amides is 1. The Bertz CT molecular complexity index is 515. The molecule has 0 fully saturated rings. The predicted octanol–water partition coefficient (Wildman–Crippen LogP) is 2.92. The number of carboxylic acid groups (broad SMARTS) is 1. The van der Waals surface area contributed by atoms with Crippen molar-refractivity contribution in [2.24, 2.45) is 11.8 Å². The van der Waals surface area contributed by atoms with Gasteiger partial charge in [-0.3, -0.25) is 4.79 Å². The maximum Gasteiger partial charge on any atom is 0.333 e. The molecule has 3 atom stereocenters. The third-order valence-corrected chi connectivity index (χ3v) is 4.13. The number of hydrogen-bond donors (Lipinski definition) is 2. The maximum atomic E-state index is 13.0. The number of carbonyl (C=O) groups is 2. The number of halogens is 1. The van der Waals surface area contributed by atoms with Crippen molar-refractivity contribution in [2.45, 2.75) is 39.7 Å². The molecular formula is C16H22FNO3. The fraction of sp³-hybridized carbons (Fsp3) is 0.500. The molecule has 0 aliphatic rings. The Labute approximate surface area is 124 Å². The molecule has 0 saturated heterocycles. The van der Waals surface area contributed by atoms with Crippen LogP contribution in [0.15, 0.2) is 24.3 Å². The Balaban J connectivity index is 3.04. The molecule has 0 saturated carbocycles. The Hall–Kier alpha value is -1.91. The standard InChI is InChI=1S/C16H22FNO3/c1-5-10(2)11(3)14(19)18-16(4,15(20)21)12-6-8-13(17)9-7-12/h6-11H,5H2,1-4H3,(H,18,19)(H,20,21). The minimum absolute atomic E-state index is 0.149. The summed E-state index contributed by atoms with van der Waals surface area (Å²) in [5.41, 5.74) is -1.24. The highest BCUT2D eigenvalue weighted by atomic mass is 19.1. The first-order valence-electron chi connectivity index (χ1n) is 7.03. The number of aliphatic carboxylic acids is 1. The van der Waals surface area contributed by atoms with Crippen LogP contribution in [0.2, 0.25) is 0 Å². The van der Waals surface area contributed by atoms with Crippen LogP contribution in [0.1, 0.15) is 39.7 Å². The molecule has 21 heavy (non-hydrogen) atoms. The van der Waals surface area contributed by atoms with Crippen LogP contribution in [0.25, 0.3) is 0 Å². The van der Waals surface area contributed by atoms with Crippen LogP contribution in [-0.2, 0) is 15.1 Å². The zero-order valence-corrected chi connectivity index (χ0v) is 12.8. The summed E-state index contributed by atoms with van der Waals surface area (Å²) in [4.78, 5) is 23.9. The average Bonchev–Trinajstić information content (AvgIpc) is 2.45. The fourth-order valence-corrected chi connectivity index (χ4v) is 2.00. The summed E-state index contributed by atoms with van der Waals surface area (Å²) in [5, 5.41) is 12.1. The molecule has 1 amide bonds. The van der Waals surface area contributed by atoms with Crippen molar-refractivity contribution in [1.29, 1.82) is 0 Å². The topological polar surface area (TPSA) is 66.4 Å². The molecule has 3 unspecified atom stereocenters. The third-order valence-electron chi connectivity index (χ3n) is 4.13. The second-order valence-corrected chi connectivity index (χ2v) is 5.60. The van der Waals surface area contributed by atoms with E-state index in [1.165, 1.54) is 31.2 Å². The highest BCUT2D eigenvalue weighted by Crippen LogP contribution is 2.24. The molecule has 116 valence electrons. The summed E-state index contributed by atoms with van der Waals surface area (Å²) < 4.78 is 13.0. The third kappa shape index (κ3) is 3.80.